The topological polar surface area (TPSA) is 56.7 Å². The molecule has 1 aromatic heterocycles. The largest absolute Gasteiger partial charge is 0.386 e. The Kier molecular flexibility index (Phi) is 4.86. The Morgan fingerprint density at radius 2 is 2.33 bits per heavy atom. The first kappa shape index (κ1) is 13.6. The van der Waals surface area contributed by atoms with E-state index in [0.717, 1.165) is 23.3 Å². The van der Waals surface area contributed by atoms with Gasteiger partial charge in [0.1, 0.15) is 6.10 Å². The maximum absolute atomic E-state index is 9.97. The van der Waals surface area contributed by atoms with Crippen molar-refractivity contribution in [1.82, 2.24) is 10.6 Å². The Bertz CT molecular complexity index is 417. The second kappa shape index (κ2) is 6.41. The van der Waals surface area contributed by atoms with Gasteiger partial charge in [-0.05, 0) is 30.9 Å². The third-order valence-corrected chi connectivity index (χ3v) is 4.20. The lowest BCUT2D eigenvalue weighted by Gasteiger charge is -2.14. The van der Waals surface area contributed by atoms with Crippen molar-refractivity contribution in [3.63, 3.8) is 0 Å². The standard InChI is InChI=1S/C12H18ClN3OS/c1-14-12(15-6-8-2-3-8)16-7-9(17)10-4-5-11(13)18-10/h4-5,8-9,17H,2-3,6-7H2,1H3,(H2,14,15,16). The lowest BCUT2D eigenvalue weighted by Crippen LogP contribution is -2.40. The first-order valence-electron chi connectivity index (χ1n) is 6.07. The molecular formula is C12H18ClN3OS. The number of rotatable bonds is 5. The van der Waals surface area contributed by atoms with Gasteiger partial charge in [0.25, 0.3) is 0 Å². The fourth-order valence-electron chi connectivity index (χ4n) is 1.58. The molecule has 4 nitrogen and oxygen atoms in total. The lowest BCUT2D eigenvalue weighted by molar-refractivity contribution is 0.184. The van der Waals surface area contributed by atoms with Gasteiger partial charge in [0.15, 0.2) is 5.96 Å². The van der Waals surface area contributed by atoms with Crippen LogP contribution < -0.4 is 10.6 Å². The summed E-state index contributed by atoms with van der Waals surface area (Å²) in [6.07, 6.45) is 2.06. The first-order chi connectivity index (χ1) is 8.69. The van der Waals surface area contributed by atoms with Crippen LogP contribution in [0.1, 0.15) is 23.8 Å². The van der Waals surface area contributed by atoms with E-state index >= 15 is 0 Å². The highest BCUT2D eigenvalue weighted by Crippen LogP contribution is 2.27. The van der Waals surface area contributed by atoms with Crippen LogP contribution >= 0.6 is 22.9 Å². The highest BCUT2D eigenvalue weighted by Gasteiger charge is 2.21. The van der Waals surface area contributed by atoms with Crippen molar-refractivity contribution in [3.05, 3.63) is 21.3 Å². The summed E-state index contributed by atoms with van der Waals surface area (Å²) in [5, 5.41) is 16.3. The van der Waals surface area contributed by atoms with Gasteiger partial charge < -0.3 is 15.7 Å². The number of hydrogen-bond acceptors (Lipinski definition) is 3. The molecule has 0 aromatic carbocycles. The van der Waals surface area contributed by atoms with Gasteiger partial charge in [0, 0.05) is 25.0 Å². The molecule has 1 aliphatic carbocycles. The molecule has 0 bridgehead atoms. The summed E-state index contributed by atoms with van der Waals surface area (Å²) in [5.74, 6) is 1.54. The maximum Gasteiger partial charge on any atom is 0.191 e. The molecule has 0 radical (unpaired) electrons. The third-order valence-electron chi connectivity index (χ3n) is 2.86. The summed E-state index contributed by atoms with van der Waals surface area (Å²) in [6.45, 7) is 1.39. The Morgan fingerprint density at radius 3 is 2.89 bits per heavy atom. The second-order valence-corrected chi connectivity index (χ2v) is 6.18. The van der Waals surface area contributed by atoms with E-state index in [-0.39, 0.29) is 0 Å². The second-order valence-electron chi connectivity index (χ2n) is 4.44. The molecule has 18 heavy (non-hydrogen) atoms. The maximum atomic E-state index is 9.97. The van der Waals surface area contributed by atoms with E-state index in [9.17, 15) is 5.11 Å². The number of thiophene rings is 1. The van der Waals surface area contributed by atoms with Crippen LogP contribution in [-0.2, 0) is 0 Å². The van der Waals surface area contributed by atoms with E-state index in [2.05, 4.69) is 15.6 Å². The summed E-state index contributed by atoms with van der Waals surface area (Å²) in [5.41, 5.74) is 0. The number of aliphatic hydroxyl groups is 1. The predicted molar refractivity (Wildman–Crippen MR) is 76.4 cm³/mol. The fraction of sp³-hybridized carbons (Fsp3) is 0.583. The molecule has 6 heteroatoms. The molecule has 100 valence electrons. The van der Waals surface area contributed by atoms with Gasteiger partial charge >= 0.3 is 0 Å². The van der Waals surface area contributed by atoms with E-state index in [1.807, 2.05) is 6.07 Å². The SMILES string of the molecule is CN=C(NCC1CC1)NCC(O)c1ccc(Cl)s1. The van der Waals surface area contributed by atoms with Crippen molar-refractivity contribution >= 4 is 28.9 Å². The van der Waals surface area contributed by atoms with Crippen LogP contribution in [0.25, 0.3) is 0 Å². The number of aliphatic hydroxyl groups excluding tert-OH is 1. The van der Waals surface area contributed by atoms with E-state index in [1.165, 1.54) is 24.2 Å². The summed E-state index contributed by atoms with van der Waals surface area (Å²) >= 11 is 7.24. The van der Waals surface area contributed by atoms with Crippen LogP contribution in [0.5, 0.6) is 0 Å². The molecule has 0 aliphatic heterocycles. The molecule has 0 spiro atoms. The normalized spacial score (nSPS) is 17.6. The summed E-state index contributed by atoms with van der Waals surface area (Å²) in [6, 6.07) is 3.64. The zero-order valence-electron chi connectivity index (χ0n) is 10.3. The van der Waals surface area contributed by atoms with E-state index in [1.54, 1.807) is 13.1 Å². The molecule has 2 rings (SSSR count). The molecule has 3 N–H and O–H groups in total. The van der Waals surface area contributed by atoms with E-state index in [0.29, 0.717) is 10.9 Å². The Balaban J connectivity index is 1.74. The molecule has 1 aromatic rings. The number of nitrogens with one attached hydrogen (secondary N) is 2. The smallest absolute Gasteiger partial charge is 0.191 e. The Morgan fingerprint density at radius 1 is 1.56 bits per heavy atom. The van der Waals surface area contributed by atoms with Gasteiger partial charge in [0.2, 0.25) is 0 Å². The van der Waals surface area contributed by atoms with E-state index < -0.39 is 6.10 Å². The average Bonchev–Trinajstić information content (AvgIpc) is 3.09. The summed E-state index contributed by atoms with van der Waals surface area (Å²) in [7, 11) is 1.73. The number of hydrogen-bond donors (Lipinski definition) is 3. The quantitative estimate of drug-likeness (QED) is 0.574. The summed E-state index contributed by atoms with van der Waals surface area (Å²) < 4.78 is 0.695. The molecule has 1 atom stereocenters. The van der Waals surface area contributed by atoms with Crippen molar-refractivity contribution in [3.8, 4) is 0 Å². The van der Waals surface area contributed by atoms with Crippen molar-refractivity contribution in [2.45, 2.75) is 18.9 Å². The Labute approximate surface area is 116 Å². The van der Waals surface area contributed by atoms with Crippen LogP contribution in [-0.4, -0.2) is 31.2 Å². The minimum Gasteiger partial charge on any atom is -0.386 e. The molecule has 1 saturated carbocycles. The predicted octanol–water partition coefficient (Wildman–Crippen LogP) is 2.01. The highest BCUT2D eigenvalue weighted by atomic mass is 35.5. The van der Waals surface area contributed by atoms with Crippen LogP contribution in [0.2, 0.25) is 4.34 Å². The molecule has 1 aliphatic rings. The molecule has 1 unspecified atom stereocenters. The lowest BCUT2D eigenvalue weighted by atomic mass is 10.3. The monoisotopic (exact) mass is 287 g/mol. The van der Waals surface area contributed by atoms with Gasteiger partial charge in [-0.25, -0.2) is 0 Å². The zero-order chi connectivity index (χ0) is 13.0. The number of aliphatic imine (C=N–C) groups is 1. The van der Waals surface area contributed by atoms with Crippen molar-refractivity contribution in [1.29, 1.82) is 0 Å². The van der Waals surface area contributed by atoms with Crippen LogP contribution in [0.4, 0.5) is 0 Å². The van der Waals surface area contributed by atoms with Crippen molar-refractivity contribution in [2.24, 2.45) is 10.9 Å². The Hall–Kier alpha value is -0.780. The van der Waals surface area contributed by atoms with E-state index in [4.69, 9.17) is 11.6 Å². The van der Waals surface area contributed by atoms with Gasteiger partial charge in [-0.3, -0.25) is 4.99 Å². The molecule has 0 amide bonds. The third kappa shape index (κ3) is 4.15. The van der Waals surface area contributed by atoms with Crippen molar-refractivity contribution in [2.75, 3.05) is 20.1 Å². The van der Waals surface area contributed by atoms with Crippen LogP contribution in [0, 0.1) is 5.92 Å². The first-order valence-corrected chi connectivity index (χ1v) is 7.26. The van der Waals surface area contributed by atoms with Gasteiger partial charge in [-0.15, -0.1) is 11.3 Å². The van der Waals surface area contributed by atoms with Gasteiger partial charge in [0.05, 0.1) is 4.34 Å². The van der Waals surface area contributed by atoms with Gasteiger partial charge in [-0.2, -0.15) is 0 Å². The number of nitrogens with zero attached hydrogens (tertiary/aromatic N) is 1. The fourth-order valence-corrected chi connectivity index (χ4v) is 2.63. The van der Waals surface area contributed by atoms with Crippen LogP contribution in [0.3, 0.4) is 0 Å². The number of guanidine groups is 1. The van der Waals surface area contributed by atoms with Crippen LogP contribution in [0.15, 0.2) is 17.1 Å². The average molecular weight is 288 g/mol. The minimum absolute atomic E-state index is 0.432. The van der Waals surface area contributed by atoms with Crippen molar-refractivity contribution < 1.29 is 5.11 Å². The van der Waals surface area contributed by atoms with Gasteiger partial charge in [-0.1, -0.05) is 11.6 Å². The molecule has 0 saturated heterocycles. The molecule has 1 heterocycles. The minimum atomic E-state index is -0.554. The molecule has 1 fully saturated rings. The zero-order valence-corrected chi connectivity index (χ0v) is 11.9. The number of halogens is 1. The molecular weight excluding hydrogens is 270 g/mol. The summed E-state index contributed by atoms with van der Waals surface area (Å²) in [4.78, 5) is 4.99. The highest BCUT2D eigenvalue weighted by molar-refractivity contribution is 7.16.